The fourth-order valence-electron chi connectivity index (χ4n) is 1.91. The lowest BCUT2D eigenvalue weighted by Crippen LogP contribution is -2.32. The molecule has 0 radical (unpaired) electrons. The van der Waals surface area contributed by atoms with Gasteiger partial charge in [0.05, 0.1) is 12.1 Å². The van der Waals surface area contributed by atoms with E-state index in [1.165, 1.54) is 16.7 Å². The number of hydrogen-bond acceptors (Lipinski definition) is 4. The minimum Gasteiger partial charge on any atom is -0.481 e. The summed E-state index contributed by atoms with van der Waals surface area (Å²) < 4.78 is 0. The second-order valence-corrected chi connectivity index (χ2v) is 5.84. The number of rotatable bonds is 5. The highest BCUT2D eigenvalue weighted by Crippen LogP contribution is 2.31. The zero-order chi connectivity index (χ0) is 15.4. The molecule has 1 aromatic carbocycles. The van der Waals surface area contributed by atoms with E-state index in [1.54, 1.807) is 6.08 Å². The Labute approximate surface area is 127 Å². The molecule has 1 saturated heterocycles. The van der Waals surface area contributed by atoms with E-state index in [0.29, 0.717) is 11.7 Å². The summed E-state index contributed by atoms with van der Waals surface area (Å²) in [6.45, 7) is 5.93. The molecule has 1 aliphatic heterocycles. The highest BCUT2D eigenvalue weighted by Gasteiger charge is 2.38. The van der Waals surface area contributed by atoms with Crippen LogP contribution in [0.3, 0.4) is 0 Å². The van der Waals surface area contributed by atoms with Crippen molar-refractivity contribution in [2.75, 3.05) is 6.54 Å². The summed E-state index contributed by atoms with van der Waals surface area (Å²) in [6, 6.07) is 7.61. The first-order valence-electron chi connectivity index (χ1n) is 6.47. The van der Waals surface area contributed by atoms with Crippen molar-refractivity contribution in [3.63, 3.8) is 0 Å². The molecule has 2 rings (SSSR count). The summed E-state index contributed by atoms with van der Waals surface area (Å²) in [7, 11) is 0. The van der Waals surface area contributed by atoms with Gasteiger partial charge < -0.3 is 5.11 Å². The van der Waals surface area contributed by atoms with Gasteiger partial charge in [0.1, 0.15) is 5.25 Å². The molecule has 1 amide bonds. The molecule has 1 N–H and O–H groups in total. The number of aryl methyl sites for hydroxylation is 1. The Morgan fingerprint density at radius 3 is 2.71 bits per heavy atom. The third kappa shape index (κ3) is 3.72. The van der Waals surface area contributed by atoms with Crippen LogP contribution in [0.1, 0.15) is 12.0 Å². The standard InChI is InChI=1S/C15H16N2O3S/c1-3-8-17-14(20)12(9-13(18)19)21-15(17)16-11-6-4-10(2)5-7-11/h3-7,12H,1,8-9H2,2H3,(H,18,19). The first-order valence-corrected chi connectivity index (χ1v) is 7.35. The number of benzene rings is 1. The van der Waals surface area contributed by atoms with Gasteiger partial charge in [-0.15, -0.1) is 6.58 Å². The Hall–Kier alpha value is -2.08. The Morgan fingerprint density at radius 1 is 1.48 bits per heavy atom. The topological polar surface area (TPSA) is 70.0 Å². The molecule has 0 bridgehead atoms. The number of nitrogens with zero attached hydrogens (tertiary/aromatic N) is 2. The van der Waals surface area contributed by atoms with Gasteiger partial charge in [0.15, 0.2) is 5.17 Å². The third-order valence-electron chi connectivity index (χ3n) is 2.95. The number of carbonyl (C=O) groups excluding carboxylic acids is 1. The van der Waals surface area contributed by atoms with E-state index >= 15 is 0 Å². The predicted molar refractivity (Wildman–Crippen MR) is 83.8 cm³/mol. The number of hydrogen-bond donors (Lipinski definition) is 1. The molecular formula is C15H16N2O3S. The van der Waals surface area contributed by atoms with Crippen LogP contribution in [0.15, 0.2) is 41.9 Å². The average molecular weight is 304 g/mol. The number of aliphatic carboxylic acids is 1. The first kappa shape index (κ1) is 15.3. The average Bonchev–Trinajstić information content (AvgIpc) is 2.70. The quantitative estimate of drug-likeness (QED) is 0.849. The Bertz CT molecular complexity index is 595. The van der Waals surface area contributed by atoms with Crippen LogP contribution in [0.25, 0.3) is 0 Å². The van der Waals surface area contributed by atoms with Crippen LogP contribution < -0.4 is 0 Å². The normalized spacial score (nSPS) is 20.0. The first-order chi connectivity index (χ1) is 10.0. The Balaban J connectivity index is 2.27. The lowest BCUT2D eigenvalue weighted by atomic mass is 10.2. The van der Waals surface area contributed by atoms with Crippen molar-refractivity contribution in [3.8, 4) is 0 Å². The van der Waals surface area contributed by atoms with Gasteiger partial charge in [-0.1, -0.05) is 35.5 Å². The van der Waals surface area contributed by atoms with Gasteiger partial charge in [0.2, 0.25) is 5.91 Å². The van der Waals surface area contributed by atoms with E-state index < -0.39 is 11.2 Å². The van der Waals surface area contributed by atoms with Crippen LogP contribution in [0.4, 0.5) is 5.69 Å². The van der Waals surface area contributed by atoms with Crippen molar-refractivity contribution in [1.82, 2.24) is 4.90 Å². The van der Waals surface area contributed by atoms with Crippen LogP contribution in [0.5, 0.6) is 0 Å². The summed E-state index contributed by atoms with van der Waals surface area (Å²) in [5.41, 5.74) is 1.86. The van der Waals surface area contributed by atoms with Crippen molar-refractivity contribution in [3.05, 3.63) is 42.5 Å². The summed E-state index contributed by atoms with van der Waals surface area (Å²) in [4.78, 5) is 29.0. The second-order valence-electron chi connectivity index (χ2n) is 4.67. The summed E-state index contributed by atoms with van der Waals surface area (Å²) in [5, 5.41) is 8.77. The van der Waals surface area contributed by atoms with Crippen LogP contribution in [-0.2, 0) is 9.59 Å². The van der Waals surface area contributed by atoms with E-state index in [4.69, 9.17) is 5.11 Å². The molecule has 0 saturated carbocycles. The number of amidine groups is 1. The van der Waals surface area contributed by atoms with Gasteiger partial charge in [-0.3, -0.25) is 14.5 Å². The molecule has 6 heteroatoms. The second kappa shape index (κ2) is 6.58. The monoisotopic (exact) mass is 304 g/mol. The van der Waals surface area contributed by atoms with E-state index in [1.807, 2.05) is 31.2 Å². The SMILES string of the molecule is C=CCN1C(=O)C(CC(=O)O)SC1=Nc1ccc(C)cc1. The molecule has 5 nitrogen and oxygen atoms in total. The molecule has 1 atom stereocenters. The maximum atomic E-state index is 12.2. The summed E-state index contributed by atoms with van der Waals surface area (Å²) in [5.74, 6) is -1.22. The summed E-state index contributed by atoms with van der Waals surface area (Å²) in [6.07, 6.45) is 1.40. The lowest BCUT2D eigenvalue weighted by Gasteiger charge is -2.13. The minimum atomic E-state index is -0.990. The number of aliphatic imine (C=N–C) groups is 1. The molecular weight excluding hydrogens is 288 g/mol. The molecule has 0 spiro atoms. The minimum absolute atomic E-state index is 0.204. The number of carboxylic acids is 1. The highest BCUT2D eigenvalue weighted by molar-refractivity contribution is 8.15. The van der Waals surface area contributed by atoms with Crippen molar-refractivity contribution in [2.45, 2.75) is 18.6 Å². The maximum Gasteiger partial charge on any atom is 0.305 e. The van der Waals surface area contributed by atoms with E-state index in [-0.39, 0.29) is 12.3 Å². The number of carbonyl (C=O) groups is 2. The third-order valence-corrected chi connectivity index (χ3v) is 4.13. The zero-order valence-corrected chi connectivity index (χ0v) is 12.5. The van der Waals surface area contributed by atoms with Crippen LogP contribution in [0.2, 0.25) is 0 Å². The van der Waals surface area contributed by atoms with Gasteiger partial charge in [-0.2, -0.15) is 0 Å². The molecule has 1 aromatic rings. The highest BCUT2D eigenvalue weighted by atomic mass is 32.2. The fourth-order valence-corrected chi connectivity index (χ4v) is 3.07. The van der Waals surface area contributed by atoms with E-state index in [2.05, 4.69) is 11.6 Å². The zero-order valence-electron chi connectivity index (χ0n) is 11.7. The van der Waals surface area contributed by atoms with Crippen LogP contribution in [0, 0.1) is 6.92 Å². The fraction of sp³-hybridized carbons (Fsp3) is 0.267. The molecule has 1 fully saturated rings. The van der Waals surface area contributed by atoms with Crippen molar-refractivity contribution < 1.29 is 14.7 Å². The number of amides is 1. The lowest BCUT2D eigenvalue weighted by molar-refractivity contribution is -0.139. The van der Waals surface area contributed by atoms with Gasteiger partial charge in [-0.05, 0) is 19.1 Å². The molecule has 0 aromatic heterocycles. The molecule has 1 aliphatic rings. The largest absolute Gasteiger partial charge is 0.481 e. The van der Waals surface area contributed by atoms with Gasteiger partial charge in [0, 0.05) is 6.54 Å². The van der Waals surface area contributed by atoms with Gasteiger partial charge in [0.25, 0.3) is 0 Å². The Morgan fingerprint density at radius 2 is 2.14 bits per heavy atom. The molecule has 0 aliphatic carbocycles. The number of carboxylic acid groups (broad SMARTS) is 1. The van der Waals surface area contributed by atoms with Crippen molar-refractivity contribution in [2.24, 2.45) is 4.99 Å². The maximum absolute atomic E-state index is 12.2. The smallest absolute Gasteiger partial charge is 0.305 e. The van der Waals surface area contributed by atoms with Crippen molar-refractivity contribution in [1.29, 1.82) is 0 Å². The molecule has 1 unspecified atom stereocenters. The molecule has 1 heterocycles. The van der Waals surface area contributed by atoms with Crippen LogP contribution in [-0.4, -0.2) is 38.8 Å². The Kier molecular flexibility index (Phi) is 4.80. The number of thioether (sulfide) groups is 1. The molecule has 110 valence electrons. The van der Waals surface area contributed by atoms with Gasteiger partial charge in [-0.25, -0.2) is 4.99 Å². The van der Waals surface area contributed by atoms with Crippen LogP contribution >= 0.6 is 11.8 Å². The van der Waals surface area contributed by atoms with E-state index in [0.717, 1.165) is 11.3 Å². The summed E-state index contributed by atoms with van der Waals surface area (Å²) >= 11 is 1.19. The molecule has 21 heavy (non-hydrogen) atoms. The predicted octanol–water partition coefficient (Wildman–Crippen LogP) is 2.59. The van der Waals surface area contributed by atoms with Crippen molar-refractivity contribution >= 4 is 34.5 Å². The van der Waals surface area contributed by atoms with E-state index in [9.17, 15) is 9.59 Å². The van der Waals surface area contributed by atoms with Gasteiger partial charge >= 0.3 is 5.97 Å².